The Kier molecular flexibility index (Phi) is 15.5. The van der Waals surface area contributed by atoms with Crippen LogP contribution in [0, 0.1) is 0 Å². The van der Waals surface area contributed by atoms with Gasteiger partial charge in [0.25, 0.3) is 0 Å². The maximum atomic E-state index is 5.29. The first-order valence-corrected chi connectivity index (χ1v) is 15.7. The number of hydrogen-bond donors (Lipinski definition) is 2. The average molecular weight is 696 g/mol. The molecule has 4 nitrogen and oxygen atoms in total. The fourth-order valence-electron chi connectivity index (χ4n) is 7.10. The van der Waals surface area contributed by atoms with Gasteiger partial charge in [-0.15, -0.1) is 0 Å². The number of aromatic amines is 2. The molecule has 0 aliphatic carbocycles. The number of hydrogen-bond acceptors (Lipinski definition) is 2. The van der Waals surface area contributed by atoms with Gasteiger partial charge in [0.1, 0.15) is 0 Å². The predicted octanol–water partition coefficient (Wildman–Crippen LogP) is 1.04. The molecule has 5 rings (SSSR count). The van der Waals surface area contributed by atoms with Gasteiger partial charge >= 0.3 is 17.1 Å². The van der Waals surface area contributed by atoms with Gasteiger partial charge in [-0.2, -0.15) is 0 Å². The topological polar surface area (TPSA) is 57.4 Å². The number of H-pyrrole nitrogens is 2. The number of fused-ring (bicyclic) bond motifs is 8. The zero-order valence-corrected chi connectivity index (χ0v) is 30.8. The second-order valence-electron chi connectivity index (χ2n) is 10.9. The Morgan fingerprint density at radius 2 is 0.591 bits per heavy atom. The minimum absolute atomic E-state index is 0. The molecule has 8 heteroatoms. The molecule has 0 atom stereocenters. The zero-order valence-electron chi connectivity index (χ0n) is 27.4. The minimum Gasteiger partial charge on any atom is -1.00 e. The van der Waals surface area contributed by atoms with Crippen molar-refractivity contribution in [3.8, 4) is 0 Å². The van der Waals surface area contributed by atoms with Gasteiger partial charge in [-0.1, -0.05) is 55.4 Å². The Morgan fingerprint density at radius 3 is 0.750 bits per heavy atom. The third-order valence-electron chi connectivity index (χ3n) is 8.97. The molecule has 0 unspecified atom stereocenters. The van der Waals surface area contributed by atoms with Crippen LogP contribution < -0.4 is 37.2 Å². The van der Waals surface area contributed by atoms with Crippen molar-refractivity contribution in [3.05, 3.63) is 69.3 Å². The van der Waals surface area contributed by atoms with E-state index in [9.17, 15) is 0 Å². The molecule has 0 saturated carbocycles. The molecule has 0 aromatic carbocycles. The first-order valence-electron chi connectivity index (χ1n) is 15.7. The van der Waals surface area contributed by atoms with Gasteiger partial charge < -0.3 is 47.2 Å². The number of allylic oxidation sites excluding steroid dienone is 4. The molecule has 3 aromatic heterocycles. The molecule has 0 spiro atoms. The van der Waals surface area contributed by atoms with Crippen molar-refractivity contribution >= 4 is 44.4 Å². The number of aromatic nitrogens is 4. The van der Waals surface area contributed by atoms with E-state index in [4.69, 9.17) is 9.97 Å². The maximum Gasteiger partial charge on any atom is 3.00 e. The van der Waals surface area contributed by atoms with E-state index in [2.05, 4.69) is 89.6 Å². The molecule has 0 saturated heterocycles. The van der Waals surface area contributed by atoms with Gasteiger partial charge in [-0.25, -0.2) is 9.97 Å². The third-order valence-corrected chi connectivity index (χ3v) is 8.97. The van der Waals surface area contributed by atoms with E-state index in [1.165, 1.54) is 66.6 Å². The summed E-state index contributed by atoms with van der Waals surface area (Å²) in [5.41, 5.74) is 20.2. The monoisotopic (exact) mass is 694 g/mol. The molecule has 238 valence electrons. The van der Waals surface area contributed by atoms with Gasteiger partial charge in [0.2, 0.25) is 0 Å². The Morgan fingerprint density at radius 1 is 0.386 bits per heavy atom. The Balaban J connectivity index is 0.00000242. The van der Waals surface area contributed by atoms with Crippen molar-refractivity contribution < 1.29 is 54.3 Å². The van der Waals surface area contributed by atoms with Crippen molar-refractivity contribution in [1.29, 1.82) is 0 Å². The molecule has 2 aliphatic rings. The van der Waals surface area contributed by atoms with Crippen LogP contribution in [0.5, 0.6) is 0 Å². The van der Waals surface area contributed by atoms with Gasteiger partial charge in [0, 0.05) is 22.1 Å². The summed E-state index contributed by atoms with van der Waals surface area (Å²) in [5, 5.41) is 0. The van der Waals surface area contributed by atoms with E-state index >= 15 is 0 Å². The van der Waals surface area contributed by atoms with Gasteiger partial charge in [-0.3, -0.25) is 0 Å². The largest absolute Gasteiger partial charge is 3.00 e. The van der Waals surface area contributed by atoms with Crippen LogP contribution >= 0.6 is 0 Å². The van der Waals surface area contributed by atoms with Crippen LogP contribution in [0.4, 0.5) is 0 Å². The third kappa shape index (κ3) is 6.88. The summed E-state index contributed by atoms with van der Waals surface area (Å²) in [4.78, 5) is 18.2. The second-order valence-corrected chi connectivity index (χ2v) is 10.9. The van der Waals surface area contributed by atoms with Gasteiger partial charge in [-0.05, 0) is 120 Å². The predicted molar refractivity (Wildman–Crippen MR) is 173 cm³/mol. The number of halogens is 3. The normalized spacial score (nSPS) is 12.4. The molecule has 2 N–H and O–H groups in total. The van der Waals surface area contributed by atoms with E-state index in [1.807, 2.05) is 0 Å². The summed E-state index contributed by atoms with van der Waals surface area (Å²) in [6.07, 6.45) is 7.84. The molecule has 0 radical (unpaired) electrons. The van der Waals surface area contributed by atoms with E-state index < -0.39 is 0 Å². The summed E-state index contributed by atoms with van der Waals surface area (Å²) in [6, 6.07) is 9.24. The second kappa shape index (κ2) is 17.1. The number of aryl methyl sites for hydroxylation is 4. The SMILES string of the molecule is CCC1=C(CC)c2cc3[nH]c(cc4nc(cc5[nH]c(cc1n2)c(CC)c5CC)C(CC)=C4CC)c(CC)c3CC.[Cl-].[Cl-].[Cl-].[Mn+3]. The number of nitrogens with one attached hydrogen (secondary N) is 2. The van der Waals surface area contributed by atoms with E-state index in [0.29, 0.717) is 0 Å². The van der Waals surface area contributed by atoms with E-state index in [1.54, 1.807) is 0 Å². The molecule has 5 heterocycles. The van der Waals surface area contributed by atoms with Crippen LogP contribution in [-0.2, 0) is 42.8 Å². The van der Waals surface area contributed by atoms with Crippen molar-refractivity contribution in [1.82, 2.24) is 19.9 Å². The molecule has 0 amide bonds. The van der Waals surface area contributed by atoms with Gasteiger partial charge in [0.05, 0.1) is 22.8 Å². The Labute approximate surface area is 293 Å². The molecule has 3 aromatic rings. The van der Waals surface area contributed by atoms with Crippen molar-refractivity contribution in [2.45, 2.75) is 107 Å². The van der Waals surface area contributed by atoms with E-state index in [0.717, 1.165) is 74.1 Å². The maximum absolute atomic E-state index is 5.29. The summed E-state index contributed by atoms with van der Waals surface area (Å²) in [5.74, 6) is 0. The summed E-state index contributed by atoms with van der Waals surface area (Å²) < 4.78 is 0. The summed E-state index contributed by atoms with van der Waals surface area (Å²) >= 11 is 0. The Bertz CT molecular complexity index is 1460. The number of rotatable bonds is 8. The van der Waals surface area contributed by atoms with Crippen LogP contribution in [0.3, 0.4) is 0 Å². The molecular formula is C36H46Cl3MnN4. The summed E-state index contributed by atoms with van der Waals surface area (Å²) in [6.45, 7) is 18.1. The van der Waals surface area contributed by atoms with Crippen LogP contribution in [0.25, 0.3) is 44.4 Å². The molecule has 2 aliphatic heterocycles. The smallest absolute Gasteiger partial charge is 1.00 e. The molecule has 8 bridgehead atoms. The quantitative estimate of drug-likeness (QED) is 0.347. The van der Waals surface area contributed by atoms with Gasteiger partial charge in [0.15, 0.2) is 0 Å². The van der Waals surface area contributed by atoms with Crippen LogP contribution in [0.2, 0.25) is 0 Å². The molecule has 44 heavy (non-hydrogen) atoms. The van der Waals surface area contributed by atoms with E-state index in [-0.39, 0.29) is 54.3 Å². The van der Waals surface area contributed by atoms with Crippen LogP contribution in [0.1, 0.15) is 126 Å². The fourth-order valence-corrected chi connectivity index (χ4v) is 7.10. The molecular weight excluding hydrogens is 650 g/mol. The van der Waals surface area contributed by atoms with Crippen molar-refractivity contribution in [3.63, 3.8) is 0 Å². The zero-order chi connectivity index (χ0) is 28.6. The first kappa shape index (κ1) is 40.0. The fraction of sp³-hybridized carbons (Fsp3) is 0.444. The van der Waals surface area contributed by atoms with Crippen LogP contribution in [-0.4, -0.2) is 19.9 Å². The Hall–Kier alpha value is -2.01. The minimum atomic E-state index is 0. The first-order chi connectivity index (χ1) is 19.5. The number of nitrogens with zero attached hydrogens (tertiary/aromatic N) is 2. The average Bonchev–Trinajstić information content (AvgIpc) is 3.67. The summed E-state index contributed by atoms with van der Waals surface area (Å²) in [7, 11) is 0. The molecule has 0 fully saturated rings. The van der Waals surface area contributed by atoms with Crippen LogP contribution in [0.15, 0.2) is 24.3 Å². The van der Waals surface area contributed by atoms with Crippen molar-refractivity contribution in [2.24, 2.45) is 0 Å². The standard InChI is InChI=1S/C36H46N4.3ClH.Mn/c1-9-21-22(10-2)30-18-32-25(13-5)26(14-6)34(39-32)20-36-28(16-8)27(15-7)35(40-36)19-33-24(12-4)23(11-3)31(38-33)17-29(21)37-30;;;;/h17-20,37,40H,9-16H2,1-8H3;3*1H;/q;;;;+3/p-3. The van der Waals surface area contributed by atoms with Crippen molar-refractivity contribution in [2.75, 3.05) is 0 Å².